The molecule has 2 aliphatic heterocycles. The first-order valence-electron chi connectivity index (χ1n) is 14.1. The van der Waals surface area contributed by atoms with E-state index < -0.39 is 41.7 Å². The number of alkyl halides is 3. The van der Waals surface area contributed by atoms with E-state index in [4.69, 9.17) is 9.47 Å². The Labute approximate surface area is 244 Å². The van der Waals surface area contributed by atoms with Gasteiger partial charge >= 0.3 is 12.3 Å². The zero-order valence-electron chi connectivity index (χ0n) is 25.3. The number of carbonyl (C=O) groups is 4. The minimum atomic E-state index is -4.65. The van der Waals surface area contributed by atoms with E-state index in [9.17, 15) is 32.3 Å². The van der Waals surface area contributed by atoms with Crippen LogP contribution in [0.25, 0.3) is 0 Å². The molecule has 13 heteroatoms. The van der Waals surface area contributed by atoms with Gasteiger partial charge in [-0.1, -0.05) is 0 Å². The number of hydrogen-bond donors (Lipinski definition) is 1. The van der Waals surface area contributed by atoms with Gasteiger partial charge in [0, 0.05) is 37.8 Å². The molecule has 10 nitrogen and oxygen atoms in total. The number of piperidine rings is 1. The number of hydrogen-bond acceptors (Lipinski definition) is 6. The first-order chi connectivity index (χ1) is 19.3. The lowest BCUT2D eigenvalue weighted by Gasteiger charge is -2.42. The average molecular weight is 599 g/mol. The Morgan fingerprint density at radius 2 is 1.86 bits per heavy atom. The number of benzene rings is 1. The number of anilines is 1. The fourth-order valence-corrected chi connectivity index (χ4v) is 5.12. The van der Waals surface area contributed by atoms with Crippen molar-refractivity contribution in [2.24, 2.45) is 0 Å². The summed E-state index contributed by atoms with van der Waals surface area (Å²) in [5.74, 6) is -1.65. The Kier molecular flexibility index (Phi) is 9.73. The number of ether oxygens (including phenoxy) is 2. The van der Waals surface area contributed by atoms with Crippen molar-refractivity contribution in [1.82, 2.24) is 15.1 Å². The smallest absolute Gasteiger partial charge is 0.410 e. The van der Waals surface area contributed by atoms with Gasteiger partial charge in [-0.15, -0.1) is 0 Å². The lowest BCUT2D eigenvalue weighted by Crippen LogP contribution is -2.55. The number of nitrogens with zero attached hydrogens (tertiary/aromatic N) is 3. The maximum absolute atomic E-state index is 13.9. The summed E-state index contributed by atoms with van der Waals surface area (Å²) in [5.41, 5.74) is -1.37. The Morgan fingerprint density at radius 1 is 1.19 bits per heavy atom. The van der Waals surface area contributed by atoms with Crippen LogP contribution in [0.1, 0.15) is 78.1 Å². The van der Waals surface area contributed by atoms with Gasteiger partial charge < -0.3 is 29.5 Å². The Morgan fingerprint density at radius 3 is 2.45 bits per heavy atom. The number of carbonyl (C=O) groups excluding carboxylic acids is 4. The van der Waals surface area contributed by atoms with Gasteiger partial charge in [0.25, 0.3) is 11.8 Å². The summed E-state index contributed by atoms with van der Waals surface area (Å²) in [6.07, 6.45) is -5.33. The molecule has 1 aromatic carbocycles. The summed E-state index contributed by atoms with van der Waals surface area (Å²) in [4.78, 5) is 56.2. The number of fused-ring (bicyclic) bond motifs is 1. The van der Waals surface area contributed by atoms with Gasteiger partial charge in [-0.05, 0) is 79.5 Å². The van der Waals surface area contributed by atoms with E-state index in [0.717, 1.165) is 0 Å². The number of rotatable bonds is 7. The van der Waals surface area contributed by atoms with Crippen molar-refractivity contribution in [2.45, 2.75) is 97.2 Å². The van der Waals surface area contributed by atoms with Crippen LogP contribution in [0.2, 0.25) is 0 Å². The third-order valence-corrected chi connectivity index (χ3v) is 6.87. The van der Waals surface area contributed by atoms with Gasteiger partial charge in [-0.25, -0.2) is 4.79 Å². The monoisotopic (exact) mass is 598 g/mol. The SMILES string of the molecule is CC(C)N(C(=O)c1ccc2c(c1)N(CCNC(=O)CC(F)(F)F)C(=O)C(C)(C)O2)[C@@H]1CCCN(C(=O)OC(C)(C)C)C1. The molecule has 0 spiro atoms. The fourth-order valence-electron chi connectivity index (χ4n) is 5.12. The van der Waals surface area contributed by atoms with Crippen LogP contribution in [0.3, 0.4) is 0 Å². The van der Waals surface area contributed by atoms with Crippen LogP contribution < -0.4 is 15.0 Å². The highest BCUT2D eigenvalue weighted by Gasteiger charge is 2.42. The summed E-state index contributed by atoms with van der Waals surface area (Å²) in [6.45, 7) is 12.7. The molecule has 1 saturated heterocycles. The van der Waals surface area contributed by atoms with E-state index in [0.29, 0.717) is 31.7 Å². The molecular weight excluding hydrogens is 557 g/mol. The minimum Gasteiger partial charge on any atom is -0.476 e. The zero-order chi connectivity index (χ0) is 31.6. The van der Waals surface area contributed by atoms with Gasteiger partial charge in [0.1, 0.15) is 17.8 Å². The molecule has 0 aliphatic carbocycles. The number of amides is 4. The largest absolute Gasteiger partial charge is 0.476 e. The molecule has 4 amide bonds. The van der Waals surface area contributed by atoms with E-state index in [2.05, 4.69) is 5.32 Å². The average Bonchev–Trinajstić information content (AvgIpc) is 2.84. The predicted octanol–water partition coefficient (Wildman–Crippen LogP) is 4.51. The van der Waals surface area contributed by atoms with Crippen LogP contribution in [-0.4, -0.2) is 89.3 Å². The molecule has 234 valence electrons. The number of halogens is 3. The van der Waals surface area contributed by atoms with Crippen molar-refractivity contribution in [3.63, 3.8) is 0 Å². The second-order valence-electron chi connectivity index (χ2n) is 12.4. The molecule has 3 rings (SSSR count). The Balaban J connectivity index is 1.84. The predicted molar refractivity (Wildman–Crippen MR) is 149 cm³/mol. The number of likely N-dealkylation sites (tertiary alicyclic amines) is 1. The van der Waals surface area contributed by atoms with Crippen molar-refractivity contribution in [3.05, 3.63) is 23.8 Å². The van der Waals surface area contributed by atoms with Crippen molar-refractivity contribution in [3.8, 4) is 5.75 Å². The minimum absolute atomic E-state index is 0.124. The third kappa shape index (κ3) is 8.28. The van der Waals surface area contributed by atoms with E-state index in [-0.39, 0.29) is 42.3 Å². The molecule has 1 aromatic rings. The maximum atomic E-state index is 13.9. The lowest BCUT2D eigenvalue weighted by molar-refractivity contribution is -0.153. The van der Waals surface area contributed by atoms with Gasteiger partial charge in [-0.2, -0.15) is 13.2 Å². The van der Waals surface area contributed by atoms with Crippen molar-refractivity contribution in [1.29, 1.82) is 0 Å². The summed E-state index contributed by atoms with van der Waals surface area (Å²) >= 11 is 0. The molecule has 1 N–H and O–H groups in total. The highest BCUT2D eigenvalue weighted by atomic mass is 19.4. The first-order valence-corrected chi connectivity index (χ1v) is 14.1. The Bertz CT molecular complexity index is 1190. The van der Waals surface area contributed by atoms with E-state index in [1.807, 2.05) is 13.8 Å². The topological polar surface area (TPSA) is 108 Å². The van der Waals surface area contributed by atoms with Crippen LogP contribution in [0.15, 0.2) is 18.2 Å². The van der Waals surface area contributed by atoms with Crippen molar-refractivity contribution < 1.29 is 41.8 Å². The van der Waals surface area contributed by atoms with Gasteiger partial charge in [-0.3, -0.25) is 14.4 Å². The van der Waals surface area contributed by atoms with Crippen LogP contribution in [0, 0.1) is 0 Å². The molecule has 0 saturated carbocycles. The third-order valence-electron chi connectivity index (χ3n) is 6.87. The van der Waals surface area contributed by atoms with E-state index in [1.54, 1.807) is 56.6 Å². The molecule has 1 fully saturated rings. The van der Waals surface area contributed by atoms with Crippen LogP contribution in [-0.2, 0) is 14.3 Å². The normalized spacial score (nSPS) is 18.7. The number of nitrogens with one attached hydrogen (secondary N) is 1. The lowest BCUT2D eigenvalue weighted by atomic mass is 9.99. The first kappa shape index (κ1) is 33.0. The molecule has 0 bridgehead atoms. The Hall–Kier alpha value is -3.51. The second-order valence-corrected chi connectivity index (χ2v) is 12.4. The van der Waals surface area contributed by atoms with Crippen LogP contribution >= 0.6 is 0 Å². The van der Waals surface area contributed by atoms with Crippen molar-refractivity contribution >= 4 is 29.5 Å². The van der Waals surface area contributed by atoms with Crippen LogP contribution in [0.5, 0.6) is 5.75 Å². The van der Waals surface area contributed by atoms with Crippen molar-refractivity contribution in [2.75, 3.05) is 31.1 Å². The summed E-state index contributed by atoms with van der Waals surface area (Å²) < 4.78 is 49.1. The summed E-state index contributed by atoms with van der Waals surface area (Å²) in [6, 6.07) is 4.21. The van der Waals surface area contributed by atoms with Gasteiger partial charge in [0.15, 0.2) is 5.60 Å². The van der Waals surface area contributed by atoms with E-state index in [1.165, 1.54) is 11.0 Å². The zero-order valence-corrected chi connectivity index (χ0v) is 25.3. The quantitative estimate of drug-likeness (QED) is 0.495. The fraction of sp³-hybridized carbons (Fsp3) is 0.655. The highest BCUT2D eigenvalue weighted by Crippen LogP contribution is 2.39. The summed E-state index contributed by atoms with van der Waals surface area (Å²) in [7, 11) is 0. The highest BCUT2D eigenvalue weighted by molar-refractivity contribution is 6.04. The van der Waals surface area contributed by atoms with Gasteiger partial charge in [0.2, 0.25) is 5.91 Å². The molecule has 1 atom stereocenters. The standard InChI is InChI=1S/C29H41F3N4O6/c1-18(2)36(20-9-8-13-34(17-20)26(40)42-27(3,4)5)24(38)19-10-11-22-21(15-19)35(25(39)28(6,7)41-22)14-12-33-23(37)16-29(30,31)32/h10-11,15,18,20H,8-9,12-14,16-17H2,1-7H3,(H,33,37)/t20-/m1/s1. The second kappa shape index (κ2) is 12.4. The molecule has 2 heterocycles. The summed E-state index contributed by atoms with van der Waals surface area (Å²) in [5, 5.41) is 2.19. The molecule has 0 aromatic heterocycles. The maximum Gasteiger partial charge on any atom is 0.410 e. The molecule has 42 heavy (non-hydrogen) atoms. The molecule has 2 aliphatic rings. The molecule has 0 radical (unpaired) electrons. The van der Waals surface area contributed by atoms with Gasteiger partial charge in [0.05, 0.1) is 11.7 Å². The molecule has 0 unspecified atom stereocenters. The molecular formula is C29H41F3N4O6. The van der Waals surface area contributed by atoms with E-state index >= 15 is 0 Å². The van der Waals surface area contributed by atoms with Crippen LogP contribution in [0.4, 0.5) is 23.7 Å².